The molecule has 0 aliphatic carbocycles. The summed E-state index contributed by atoms with van der Waals surface area (Å²) < 4.78 is 81.7. The molecule has 2 aliphatic rings. The Bertz CT molecular complexity index is 1470. The molecule has 0 spiro atoms. The zero-order valence-corrected chi connectivity index (χ0v) is 22.0. The maximum atomic E-state index is 12.7. The molecule has 39 heavy (non-hydrogen) atoms. The molecule has 5 rings (SSSR count). The standard InChI is InChI=1S/C25H19Cl2F3N2O6S/c26-15-1-7-19-22(9-15)37-23-10-16(27)2-8-20(23)32(19)21-13-36-12-14(24(21)33)11-31-39(34,35)18-5-3-17(4-6-18)38-25(28,29)30/h1-11,14,21,24,33H,12-13H2/b31-11-/t14?,21?,24-/m0/s1. The van der Waals surface area contributed by atoms with Gasteiger partial charge >= 0.3 is 6.36 Å². The van der Waals surface area contributed by atoms with E-state index in [1.54, 1.807) is 36.4 Å². The van der Waals surface area contributed by atoms with Gasteiger partial charge in [0, 0.05) is 34.3 Å². The molecule has 0 bridgehead atoms. The van der Waals surface area contributed by atoms with Gasteiger partial charge in [0.2, 0.25) is 0 Å². The van der Waals surface area contributed by atoms with Crippen molar-refractivity contribution in [2.45, 2.75) is 23.4 Å². The number of rotatable bonds is 5. The van der Waals surface area contributed by atoms with Gasteiger partial charge in [-0.3, -0.25) is 0 Å². The molecule has 206 valence electrons. The highest BCUT2D eigenvalue weighted by atomic mass is 35.5. The number of fused-ring (bicyclic) bond motifs is 2. The van der Waals surface area contributed by atoms with E-state index in [4.69, 9.17) is 32.7 Å². The number of sulfonamides is 1. The second kappa shape index (κ2) is 10.5. The second-order valence-corrected chi connectivity index (χ2v) is 11.2. The van der Waals surface area contributed by atoms with Crippen LogP contribution in [0.1, 0.15) is 0 Å². The number of anilines is 2. The topological polar surface area (TPSA) is 97.7 Å². The second-order valence-electron chi connectivity index (χ2n) is 8.70. The minimum Gasteiger partial charge on any atom is -0.453 e. The lowest BCUT2D eigenvalue weighted by molar-refractivity contribution is -0.274. The molecule has 14 heteroatoms. The zero-order chi connectivity index (χ0) is 27.9. The number of aliphatic hydroxyl groups excluding tert-OH is 1. The molecule has 0 saturated carbocycles. The van der Waals surface area contributed by atoms with Crippen LogP contribution in [0.3, 0.4) is 0 Å². The first-order chi connectivity index (χ1) is 18.4. The third-order valence-electron chi connectivity index (χ3n) is 6.09. The van der Waals surface area contributed by atoms with E-state index < -0.39 is 40.2 Å². The Labute approximate surface area is 231 Å². The molecule has 0 radical (unpaired) electrons. The molecule has 3 aromatic carbocycles. The number of alkyl halides is 3. The zero-order valence-electron chi connectivity index (χ0n) is 19.7. The Morgan fingerprint density at radius 1 is 0.974 bits per heavy atom. The molecule has 3 aromatic rings. The van der Waals surface area contributed by atoms with Gasteiger partial charge in [-0.1, -0.05) is 23.2 Å². The van der Waals surface area contributed by atoms with Gasteiger partial charge < -0.3 is 24.2 Å². The van der Waals surface area contributed by atoms with Crippen molar-refractivity contribution in [3.05, 3.63) is 70.7 Å². The van der Waals surface area contributed by atoms with Crippen LogP contribution in [0.5, 0.6) is 17.2 Å². The van der Waals surface area contributed by atoms with Gasteiger partial charge in [0.25, 0.3) is 10.0 Å². The highest BCUT2D eigenvalue weighted by molar-refractivity contribution is 7.90. The highest BCUT2D eigenvalue weighted by Crippen LogP contribution is 2.50. The number of ether oxygens (including phenoxy) is 3. The van der Waals surface area contributed by atoms with Crippen LogP contribution in [-0.2, 0) is 14.8 Å². The third-order valence-corrected chi connectivity index (χ3v) is 7.83. The molecular weight excluding hydrogens is 584 g/mol. The highest BCUT2D eigenvalue weighted by Gasteiger charge is 2.40. The summed E-state index contributed by atoms with van der Waals surface area (Å²) in [6.45, 7) is 0.0867. The Morgan fingerprint density at radius 2 is 1.56 bits per heavy atom. The number of benzene rings is 3. The lowest BCUT2D eigenvalue weighted by Crippen LogP contribution is -2.53. The molecule has 8 nitrogen and oxygen atoms in total. The fourth-order valence-electron chi connectivity index (χ4n) is 4.34. The minimum atomic E-state index is -4.91. The van der Waals surface area contributed by atoms with Crippen LogP contribution in [0.4, 0.5) is 24.5 Å². The summed E-state index contributed by atoms with van der Waals surface area (Å²) >= 11 is 12.3. The number of aliphatic hydroxyl groups is 1. The molecule has 1 N–H and O–H groups in total. The van der Waals surface area contributed by atoms with Crippen molar-refractivity contribution in [1.29, 1.82) is 0 Å². The number of halogens is 5. The smallest absolute Gasteiger partial charge is 0.453 e. The SMILES string of the molecule is O=S(=O)(/N=C\C1COCC(N2c3ccc(Cl)cc3Oc3cc(Cl)ccc32)[C@H]1O)c1ccc(OC(F)(F)F)cc1. The largest absolute Gasteiger partial charge is 0.573 e. The monoisotopic (exact) mass is 602 g/mol. The fraction of sp³-hybridized carbons (Fsp3) is 0.240. The lowest BCUT2D eigenvalue weighted by Gasteiger charge is -2.43. The van der Waals surface area contributed by atoms with E-state index in [0.717, 1.165) is 30.5 Å². The number of nitrogens with zero attached hydrogens (tertiary/aromatic N) is 2. The normalized spacial score (nSPS) is 21.3. The Kier molecular flexibility index (Phi) is 7.42. The van der Waals surface area contributed by atoms with Crippen LogP contribution < -0.4 is 14.4 Å². The summed E-state index contributed by atoms with van der Waals surface area (Å²) in [4.78, 5) is 1.47. The number of hydrogen-bond donors (Lipinski definition) is 1. The Morgan fingerprint density at radius 3 is 2.13 bits per heavy atom. The molecular formula is C25H19Cl2F3N2O6S. The van der Waals surface area contributed by atoms with Crippen molar-refractivity contribution in [2.24, 2.45) is 10.3 Å². The van der Waals surface area contributed by atoms with E-state index in [-0.39, 0.29) is 18.1 Å². The molecule has 2 aliphatic heterocycles. The van der Waals surface area contributed by atoms with Gasteiger partial charge in [-0.15, -0.1) is 13.2 Å². The van der Waals surface area contributed by atoms with Crippen molar-refractivity contribution in [1.82, 2.24) is 0 Å². The summed E-state index contributed by atoms with van der Waals surface area (Å²) in [5, 5.41) is 12.2. The molecule has 0 aromatic heterocycles. The average Bonchev–Trinajstić information content (AvgIpc) is 2.86. The Hall–Kier alpha value is -3.03. The van der Waals surface area contributed by atoms with Crippen molar-refractivity contribution in [3.8, 4) is 17.2 Å². The van der Waals surface area contributed by atoms with Crippen LogP contribution in [-0.4, -0.2) is 51.5 Å². The van der Waals surface area contributed by atoms with Gasteiger partial charge in [-0.05, 0) is 48.5 Å². The summed E-state index contributed by atoms with van der Waals surface area (Å²) in [7, 11) is -4.29. The molecule has 2 unspecified atom stereocenters. The minimum absolute atomic E-state index is 0.0136. The first kappa shape index (κ1) is 27.5. The predicted molar refractivity (Wildman–Crippen MR) is 138 cm³/mol. The van der Waals surface area contributed by atoms with E-state index in [0.29, 0.717) is 32.9 Å². The molecule has 3 atom stereocenters. The van der Waals surface area contributed by atoms with Crippen molar-refractivity contribution < 1.29 is 40.9 Å². The van der Waals surface area contributed by atoms with Gasteiger partial charge in [-0.2, -0.15) is 12.8 Å². The van der Waals surface area contributed by atoms with Crippen LogP contribution in [0.15, 0.2) is 70.0 Å². The third kappa shape index (κ3) is 5.94. The van der Waals surface area contributed by atoms with Crippen LogP contribution in [0.2, 0.25) is 10.0 Å². The van der Waals surface area contributed by atoms with Crippen LogP contribution in [0, 0.1) is 5.92 Å². The van der Waals surface area contributed by atoms with Crippen LogP contribution in [0.25, 0.3) is 0 Å². The predicted octanol–water partition coefficient (Wildman–Crippen LogP) is 5.97. The maximum absolute atomic E-state index is 12.7. The molecule has 1 fully saturated rings. The van der Waals surface area contributed by atoms with E-state index in [1.165, 1.54) is 0 Å². The molecule has 0 amide bonds. The van der Waals surface area contributed by atoms with E-state index in [9.17, 15) is 26.7 Å². The molecule has 1 saturated heterocycles. The first-order valence-corrected chi connectivity index (χ1v) is 13.6. The van der Waals surface area contributed by atoms with Gasteiger partial charge in [-0.25, -0.2) is 0 Å². The fourth-order valence-corrected chi connectivity index (χ4v) is 5.58. The summed E-state index contributed by atoms with van der Waals surface area (Å²) in [6, 6.07) is 13.0. The van der Waals surface area contributed by atoms with E-state index in [1.807, 2.05) is 4.90 Å². The number of hydrogen-bond acceptors (Lipinski definition) is 7. The quantitative estimate of drug-likeness (QED) is 0.359. The van der Waals surface area contributed by atoms with Gasteiger partial charge in [0.05, 0.1) is 41.6 Å². The van der Waals surface area contributed by atoms with Crippen molar-refractivity contribution in [3.63, 3.8) is 0 Å². The Balaban J connectivity index is 1.40. The van der Waals surface area contributed by atoms with E-state index in [2.05, 4.69) is 9.13 Å². The van der Waals surface area contributed by atoms with Crippen molar-refractivity contribution >= 4 is 50.8 Å². The molecule has 2 heterocycles. The maximum Gasteiger partial charge on any atom is 0.573 e. The van der Waals surface area contributed by atoms with E-state index >= 15 is 0 Å². The first-order valence-electron chi connectivity index (χ1n) is 11.4. The summed E-state index contributed by atoms with van der Waals surface area (Å²) in [5.74, 6) is -0.541. The summed E-state index contributed by atoms with van der Waals surface area (Å²) in [6.07, 6.45) is -4.98. The van der Waals surface area contributed by atoms with Crippen molar-refractivity contribution in [2.75, 3.05) is 18.1 Å². The van der Waals surface area contributed by atoms with Crippen LogP contribution >= 0.6 is 23.2 Å². The van der Waals surface area contributed by atoms with Gasteiger partial charge in [0.1, 0.15) is 5.75 Å². The van der Waals surface area contributed by atoms with Gasteiger partial charge in [0.15, 0.2) is 11.5 Å². The lowest BCUT2D eigenvalue weighted by atomic mass is 9.93. The summed E-state index contributed by atoms with van der Waals surface area (Å²) in [5.41, 5.74) is 1.21. The average molecular weight is 603 g/mol.